The quantitative estimate of drug-likeness (QED) is 0.601. The van der Waals surface area contributed by atoms with Crippen molar-refractivity contribution in [2.24, 2.45) is 0 Å². The fraction of sp³-hybridized carbons (Fsp3) is 0.545. The molecule has 0 bridgehead atoms. The van der Waals surface area contributed by atoms with Crippen molar-refractivity contribution in [2.45, 2.75) is 24.5 Å². The monoisotopic (exact) mass is 284 g/mol. The Morgan fingerprint density at radius 1 is 1.60 bits per heavy atom. The number of hydrogen-bond donors (Lipinski definition) is 2. The molecule has 3 rings (SSSR count). The molecular formula is C11H12N2O7. The highest BCUT2D eigenvalue weighted by molar-refractivity contribution is 5.87. The smallest absolute Gasteiger partial charge is 0.355 e. The molecule has 20 heavy (non-hydrogen) atoms. The van der Waals surface area contributed by atoms with Crippen LogP contribution in [0.25, 0.3) is 0 Å². The number of hydrogen-bond acceptors (Lipinski definition) is 8. The van der Waals surface area contributed by atoms with Gasteiger partial charge in [0.2, 0.25) is 0 Å². The first-order valence-corrected chi connectivity index (χ1v) is 5.89. The Kier molecular flexibility index (Phi) is 2.96. The molecule has 1 aromatic heterocycles. The minimum Gasteiger partial charge on any atom is -0.464 e. The van der Waals surface area contributed by atoms with Crippen molar-refractivity contribution in [3.63, 3.8) is 0 Å². The van der Waals surface area contributed by atoms with Gasteiger partial charge in [-0.1, -0.05) is 0 Å². The SMILES string of the molecule is COC(=O)c1cc(=O)nc2n1[C@H]1O[C@@H](CO)[C@@H](O)[C@@H]1O2. The van der Waals surface area contributed by atoms with Gasteiger partial charge in [0.1, 0.15) is 17.9 Å². The third kappa shape index (κ3) is 1.71. The van der Waals surface area contributed by atoms with Gasteiger partial charge >= 0.3 is 12.0 Å². The molecule has 0 saturated carbocycles. The molecule has 0 aromatic carbocycles. The molecule has 2 aliphatic heterocycles. The normalized spacial score (nSPS) is 30.6. The minimum absolute atomic E-state index is 0.0826. The van der Waals surface area contributed by atoms with Crippen molar-refractivity contribution >= 4 is 5.97 Å². The summed E-state index contributed by atoms with van der Waals surface area (Å²) in [7, 11) is 1.17. The van der Waals surface area contributed by atoms with Gasteiger partial charge in [-0.25, -0.2) is 4.79 Å². The fourth-order valence-electron chi connectivity index (χ4n) is 2.39. The first-order chi connectivity index (χ1) is 9.56. The lowest BCUT2D eigenvalue weighted by molar-refractivity contribution is -0.0443. The summed E-state index contributed by atoms with van der Waals surface area (Å²) in [5.74, 6) is -0.750. The maximum absolute atomic E-state index is 11.7. The number of ether oxygens (including phenoxy) is 3. The second-order valence-electron chi connectivity index (χ2n) is 4.44. The molecule has 9 nitrogen and oxygen atoms in total. The van der Waals surface area contributed by atoms with Gasteiger partial charge in [0, 0.05) is 6.07 Å². The summed E-state index contributed by atoms with van der Waals surface area (Å²) < 4.78 is 16.6. The first-order valence-electron chi connectivity index (χ1n) is 5.89. The van der Waals surface area contributed by atoms with Gasteiger partial charge in [-0.15, -0.1) is 0 Å². The summed E-state index contributed by atoms with van der Waals surface area (Å²) in [6.45, 7) is -0.395. The average molecular weight is 284 g/mol. The summed E-state index contributed by atoms with van der Waals surface area (Å²) in [4.78, 5) is 26.8. The topological polar surface area (TPSA) is 120 Å². The number of esters is 1. The van der Waals surface area contributed by atoms with Gasteiger partial charge in [-0.2, -0.15) is 4.98 Å². The molecule has 3 heterocycles. The molecule has 9 heteroatoms. The van der Waals surface area contributed by atoms with E-state index in [1.165, 1.54) is 11.7 Å². The standard InChI is InChI=1S/C11H12N2O7/c1-18-10(17)4-2-6(15)12-11-13(4)9-8(20-11)7(16)5(3-14)19-9/h2,5,7-9,14,16H,3H2,1H3/t5-,7+,8-,9-/m0/s1. The average Bonchev–Trinajstić information content (AvgIpc) is 2.93. The van der Waals surface area contributed by atoms with E-state index >= 15 is 0 Å². The molecule has 0 radical (unpaired) electrons. The molecule has 2 aliphatic rings. The summed E-state index contributed by atoms with van der Waals surface area (Å²) in [6.07, 6.45) is -3.61. The third-order valence-electron chi connectivity index (χ3n) is 3.31. The zero-order valence-corrected chi connectivity index (χ0v) is 10.4. The van der Waals surface area contributed by atoms with Crippen LogP contribution in [-0.2, 0) is 9.47 Å². The lowest BCUT2D eigenvalue weighted by Gasteiger charge is -2.15. The summed E-state index contributed by atoms with van der Waals surface area (Å²) in [6, 6.07) is 0.881. The number of aliphatic hydroxyl groups is 2. The Hall–Kier alpha value is -1.97. The maximum atomic E-state index is 11.7. The highest BCUT2D eigenvalue weighted by Gasteiger charge is 2.52. The molecule has 4 atom stereocenters. The van der Waals surface area contributed by atoms with Crippen LogP contribution in [0.15, 0.2) is 10.9 Å². The Morgan fingerprint density at radius 3 is 3.00 bits per heavy atom. The van der Waals surface area contributed by atoms with Gasteiger partial charge in [-0.05, 0) is 0 Å². The lowest BCUT2D eigenvalue weighted by Crippen LogP contribution is -2.34. The van der Waals surface area contributed by atoms with E-state index in [-0.39, 0.29) is 11.7 Å². The molecule has 0 unspecified atom stereocenters. The predicted molar refractivity (Wildman–Crippen MR) is 61.3 cm³/mol. The molecule has 2 N–H and O–H groups in total. The molecule has 0 amide bonds. The highest BCUT2D eigenvalue weighted by atomic mass is 16.6. The van der Waals surface area contributed by atoms with E-state index in [2.05, 4.69) is 9.72 Å². The van der Waals surface area contributed by atoms with E-state index in [0.717, 1.165) is 6.07 Å². The van der Waals surface area contributed by atoms with Crippen LogP contribution in [-0.4, -0.2) is 57.8 Å². The number of rotatable bonds is 2. The number of carbonyl (C=O) groups excluding carboxylic acids is 1. The second-order valence-corrected chi connectivity index (χ2v) is 4.44. The van der Waals surface area contributed by atoms with Crippen LogP contribution >= 0.6 is 0 Å². The van der Waals surface area contributed by atoms with Crippen LogP contribution in [0.4, 0.5) is 0 Å². The van der Waals surface area contributed by atoms with Gasteiger partial charge in [0.05, 0.1) is 13.7 Å². The minimum atomic E-state index is -1.09. The number of fused-ring (bicyclic) bond motifs is 3. The predicted octanol–water partition coefficient (Wildman–Crippen LogP) is -1.96. The van der Waals surface area contributed by atoms with E-state index in [4.69, 9.17) is 14.6 Å². The Labute approximate surface area is 112 Å². The van der Waals surface area contributed by atoms with Gasteiger partial charge in [0.15, 0.2) is 12.3 Å². The van der Waals surface area contributed by atoms with Crippen molar-refractivity contribution < 1.29 is 29.2 Å². The van der Waals surface area contributed by atoms with E-state index in [0.29, 0.717) is 0 Å². The van der Waals surface area contributed by atoms with Crippen LogP contribution in [0.1, 0.15) is 16.7 Å². The van der Waals surface area contributed by atoms with E-state index in [1.54, 1.807) is 0 Å². The fourth-order valence-corrected chi connectivity index (χ4v) is 2.39. The first kappa shape index (κ1) is 13.0. The molecule has 1 fully saturated rings. The highest BCUT2D eigenvalue weighted by Crippen LogP contribution is 2.39. The Bertz CT molecular complexity index is 613. The number of aliphatic hydroxyl groups excluding tert-OH is 2. The largest absolute Gasteiger partial charge is 0.464 e. The molecule has 108 valence electrons. The molecular weight excluding hydrogens is 272 g/mol. The summed E-state index contributed by atoms with van der Waals surface area (Å²) >= 11 is 0. The van der Waals surface area contributed by atoms with Crippen molar-refractivity contribution in [3.8, 4) is 6.01 Å². The molecule has 1 aromatic rings. The number of nitrogens with zero attached hydrogens (tertiary/aromatic N) is 2. The lowest BCUT2D eigenvalue weighted by atomic mass is 10.1. The molecule has 0 spiro atoms. The number of aromatic nitrogens is 2. The molecule has 0 aliphatic carbocycles. The Balaban J connectivity index is 2.09. The van der Waals surface area contributed by atoms with Gasteiger partial charge in [-0.3, -0.25) is 9.36 Å². The van der Waals surface area contributed by atoms with Crippen LogP contribution in [0.3, 0.4) is 0 Å². The molecule has 1 saturated heterocycles. The Morgan fingerprint density at radius 2 is 2.35 bits per heavy atom. The zero-order chi connectivity index (χ0) is 14.4. The van der Waals surface area contributed by atoms with Crippen LogP contribution in [0, 0.1) is 0 Å². The van der Waals surface area contributed by atoms with Crippen molar-refractivity contribution in [1.29, 1.82) is 0 Å². The van der Waals surface area contributed by atoms with Crippen molar-refractivity contribution in [3.05, 3.63) is 22.1 Å². The second kappa shape index (κ2) is 4.54. The number of methoxy groups -OCH3 is 1. The van der Waals surface area contributed by atoms with E-state index in [1.807, 2.05) is 0 Å². The zero-order valence-electron chi connectivity index (χ0n) is 10.4. The van der Waals surface area contributed by atoms with Crippen LogP contribution in [0.2, 0.25) is 0 Å². The third-order valence-corrected chi connectivity index (χ3v) is 3.31. The van der Waals surface area contributed by atoms with Gasteiger partial charge < -0.3 is 24.4 Å². The van der Waals surface area contributed by atoms with Crippen LogP contribution in [0.5, 0.6) is 6.01 Å². The van der Waals surface area contributed by atoms with Gasteiger partial charge in [0.25, 0.3) is 5.56 Å². The summed E-state index contributed by atoms with van der Waals surface area (Å²) in [5, 5.41) is 19.0. The maximum Gasteiger partial charge on any atom is 0.355 e. The van der Waals surface area contributed by atoms with E-state index < -0.39 is 42.7 Å². The summed E-state index contributed by atoms with van der Waals surface area (Å²) in [5.41, 5.74) is -0.745. The van der Waals surface area contributed by atoms with E-state index in [9.17, 15) is 14.7 Å². The number of carbonyl (C=O) groups is 1. The van der Waals surface area contributed by atoms with Crippen molar-refractivity contribution in [2.75, 3.05) is 13.7 Å². The van der Waals surface area contributed by atoms with Crippen molar-refractivity contribution in [1.82, 2.24) is 9.55 Å². The van der Waals surface area contributed by atoms with Crippen LogP contribution < -0.4 is 10.3 Å².